The highest BCUT2D eigenvalue weighted by atomic mass is 79.9. The van der Waals surface area contributed by atoms with Crippen molar-refractivity contribution in [3.63, 3.8) is 0 Å². The maximum Gasteiger partial charge on any atom is 0.416 e. The molecule has 5 heteroatoms. The Morgan fingerprint density at radius 2 is 1.94 bits per heavy atom. The molecule has 2 N–H and O–H groups in total. The Morgan fingerprint density at radius 1 is 1.29 bits per heavy atom. The fraction of sp³-hybridized carbons (Fsp3) is 0.500. The van der Waals surface area contributed by atoms with Gasteiger partial charge in [0.2, 0.25) is 0 Å². The van der Waals surface area contributed by atoms with Gasteiger partial charge in [-0.15, -0.1) is 0 Å². The van der Waals surface area contributed by atoms with E-state index in [1.165, 1.54) is 6.07 Å². The topological polar surface area (TPSA) is 26.0 Å². The lowest BCUT2D eigenvalue weighted by atomic mass is 9.63. The first-order chi connectivity index (χ1) is 7.91. The van der Waals surface area contributed by atoms with Crippen molar-refractivity contribution in [3.05, 3.63) is 33.8 Å². The number of nitrogens with two attached hydrogens (primary N) is 1. The first-order valence-electron chi connectivity index (χ1n) is 5.47. The van der Waals surface area contributed by atoms with E-state index in [0.717, 1.165) is 25.3 Å². The number of hydrogen-bond donors (Lipinski definition) is 1. The summed E-state index contributed by atoms with van der Waals surface area (Å²) in [6, 6.07) is 4.20. The van der Waals surface area contributed by atoms with Crippen LogP contribution >= 0.6 is 15.9 Å². The summed E-state index contributed by atoms with van der Waals surface area (Å²) in [7, 11) is 0. The molecule has 0 bridgehead atoms. The van der Waals surface area contributed by atoms with E-state index in [2.05, 4.69) is 15.9 Å². The molecule has 1 nitrogen and oxygen atoms in total. The number of rotatable bonds is 2. The average molecular weight is 308 g/mol. The second-order valence-electron chi connectivity index (χ2n) is 4.50. The van der Waals surface area contributed by atoms with Gasteiger partial charge < -0.3 is 5.73 Å². The van der Waals surface area contributed by atoms with E-state index in [9.17, 15) is 13.2 Å². The van der Waals surface area contributed by atoms with E-state index in [1.54, 1.807) is 6.07 Å². The molecule has 0 saturated heterocycles. The predicted molar refractivity (Wildman–Crippen MR) is 63.7 cm³/mol. The molecule has 0 aliphatic heterocycles. The van der Waals surface area contributed by atoms with Crippen LogP contribution in [-0.2, 0) is 11.6 Å². The average Bonchev–Trinajstić information content (AvgIpc) is 2.17. The number of halogens is 4. The van der Waals surface area contributed by atoms with Crippen molar-refractivity contribution in [1.29, 1.82) is 0 Å². The molecule has 1 aromatic rings. The third kappa shape index (κ3) is 2.10. The van der Waals surface area contributed by atoms with Crippen molar-refractivity contribution in [2.24, 2.45) is 5.73 Å². The lowest BCUT2D eigenvalue weighted by molar-refractivity contribution is -0.139. The molecule has 0 spiro atoms. The fourth-order valence-electron chi connectivity index (χ4n) is 2.46. The number of alkyl halides is 3. The molecular formula is C12H13BrF3N. The lowest BCUT2D eigenvalue weighted by Gasteiger charge is -2.43. The van der Waals surface area contributed by atoms with Crippen LogP contribution in [0.1, 0.15) is 30.4 Å². The SMILES string of the molecule is NCC1(c2c(Br)cccc2C(F)(F)F)CCC1. The van der Waals surface area contributed by atoms with Crippen LogP contribution < -0.4 is 5.73 Å². The van der Waals surface area contributed by atoms with Crippen LogP contribution in [0.15, 0.2) is 22.7 Å². The van der Waals surface area contributed by atoms with E-state index in [0.29, 0.717) is 10.0 Å². The highest BCUT2D eigenvalue weighted by Crippen LogP contribution is 2.49. The largest absolute Gasteiger partial charge is 0.416 e. The van der Waals surface area contributed by atoms with Crippen LogP contribution in [0, 0.1) is 0 Å². The summed E-state index contributed by atoms with van der Waals surface area (Å²) in [5.41, 5.74) is 4.97. The Kier molecular flexibility index (Phi) is 3.25. The maximum atomic E-state index is 13.0. The van der Waals surface area contributed by atoms with E-state index in [-0.39, 0.29) is 6.54 Å². The second-order valence-corrected chi connectivity index (χ2v) is 5.35. The standard InChI is InChI=1S/C12H13BrF3N/c13-9-4-1-3-8(12(14,15)16)10(9)11(7-17)5-2-6-11/h1,3-4H,2,5-7,17H2. The molecule has 0 amide bonds. The minimum atomic E-state index is -4.32. The molecule has 17 heavy (non-hydrogen) atoms. The van der Waals surface area contributed by atoms with Crippen molar-refractivity contribution in [2.75, 3.05) is 6.54 Å². The van der Waals surface area contributed by atoms with Gasteiger partial charge in [0.15, 0.2) is 0 Å². The van der Waals surface area contributed by atoms with Gasteiger partial charge >= 0.3 is 6.18 Å². The molecule has 1 aromatic carbocycles. The van der Waals surface area contributed by atoms with Gasteiger partial charge in [-0.25, -0.2) is 0 Å². The summed E-state index contributed by atoms with van der Waals surface area (Å²) in [5, 5.41) is 0. The molecular weight excluding hydrogens is 295 g/mol. The van der Waals surface area contributed by atoms with Gasteiger partial charge in [-0.2, -0.15) is 13.2 Å². The highest BCUT2D eigenvalue weighted by molar-refractivity contribution is 9.10. The predicted octanol–water partition coefficient (Wildman–Crippen LogP) is 3.85. The van der Waals surface area contributed by atoms with E-state index >= 15 is 0 Å². The minimum Gasteiger partial charge on any atom is -0.330 e. The van der Waals surface area contributed by atoms with Gasteiger partial charge in [-0.1, -0.05) is 28.4 Å². The van der Waals surface area contributed by atoms with Gasteiger partial charge in [0.05, 0.1) is 5.56 Å². The van der Waals surface area contributed by atoms with Crippen molar-refractivity contribution in [2.45, 2.75) is 30.9 Å². The van der Waals surface area contributed by atoms with Crippen molar-refractivity contribution in [1.82, 2.24) is 0 Å². The highest BCUT2D eigenvalue weighted by Gasteiger charge is 2.45. The summed E-state index contributed by atoms with van der Waals surface area (Å²) < 4.78 is 39.5. The molecule has 0 atom stereocenters. The van der Waals surface area contributed by atoms with Crippen LogP contribution in [0.2, 0.25) is 0 Å². The van der Waals surface area contributed by atoms with Crippen molar-refractivity contribution >= 4 is 15.9 Å². The molecule has 0 aromatic heterocycles. The van der Waals surface area contributed by atoms with Crippen LogP contribution in [0.5, 0.6) is 0 Å². The van der Waals surface area contributed by atoms with Crippen LogP contribution in [0.3, 0.4) is 0 Å². The Hall–Kier alpha value is -0.550. The maximum absolute atomic E-state index is 13.0. The first kappa shape index (κ1) is 12.9. The van der Waals surface area contributed by atoms with Crippen LogP contribution in [-0.4, -0.2) is 6.54 Å². The summed E-state index contributed by atoms with van der Waals surface area (Å²) in [5.74, 6) is 0. The zero-order valence-corrected chi connectivity index (χ0v) is 10.7. The lowest BCUT2D eigenvalue weighted by Crippen LogP contribution is -2.43. The van der Waals surface area contributed by atoms with Crippen molar-refractivity contribution < 1.29 is 13.2 Å². The van der Waals surface area contributed by atoms with Gasteiger partial charge in [0, 0.05) is 16.4 Å². The zero-order valence-electron chi connectivity index (χ0n) is 9.15. The van der Waals surface area contributed by atoms with E-state index in [1.807, 2.05) is 0 Å². The first-order valence-corrected chi connectivity index (χ1v) is 6.26. The number of hydrogen-bond acceptors (Lipinski definition) is 1. The zero-order chi connectivity index (χ0) is 12.7. The molecule has 0 radical (unpaired) electrons. The molecule has 0 heterocycles. The summed E-state index contributed by atoms with van der Waals surface area (Å²) in [6.45, 7) is 0.263. The van der Waals surface area contributed by atoms with E-state index < -0.39 is 17.2 Å². The van der Waals surface area contributed by atoms with Crippen molar-refractivity contribution in [3.8, 4) is 0 Å². The Balaban J connectivity index is 2.59. The molecule has 1 fully saturated rings. The third-order valence-corrected chi connectivity index (χ3v) is 4.21. The Labute approximate surface area is 106 Å². The molecule has 1 aliphatic rings. The number of benzene rings is 1. The van der Waals surface area contributed by atoms with Crippen LogP contribution in [0.4, 0.5) is 13.2 Å². The Morgan fingerprint density at radius 3 is 2.35 bits per heavy atom. The monoisotopic (exact) mass is 307 g/mol. The molecule has 0 unspecified atom stereocenters. The molecule has 94 valence electrons. The normalized spacial score (nSPS) is 18.9. The van der Waals surface area contributed by atoms with Gasteiger partial charge in [0.1, 0.15) is 0 Å². The molecule has 1 saturated carbocycles. The van der Waals surface area contributed by atoms with Crippen LogP contribution in [0.25, 0.3) is 0 Å². The van der Waals surface area contributed by atoms with Gasteiger partial charge in [0.25, 0.3) is 0 Å². The van der Waals surface area contributed by atoms with Gasteiger partial charge in [-0.05, 0) is 30.5 Å². The smallest absolute Gasteiger partial charge is 0.330 e. The summed E-state index contributed by atoms with van der Waals surface area (Å²) in [4.78, 5) is 0. The summed E-state index contributed by atoms with van der Waals surface area (Å²) >= 11 is 3.24. The fourth-order valence-corrected chi connectivity index (χ4v) is 3.25. The Bertz CT molecular complexity index is 419. The minimum absolute atomic E-state index is 0.263. The molecule has 2 rings (SSSR count). The quantitative estimate of drug-likeness (QED) is 0.882. The molecule has 1 aliphatic carbocycles. The third-order valence-electron chi connectivity index (χ3n) is 3.55. The summed E-state index contributed by atoms with van der Waals surface area (Å²) in [6.07, 6.45) is -1.92. The van der Waals surface area contributed by atoms with Gasteiger partial charge in [-0.3, -0.25) is 0 Å². The van der Waals surface area contributed by atoms with E-state index in [4.69, 9.17) is 5.73 Å². The second kappa shape index (κ2) is 4.28.